The first kappa shape index (κ1) is 25.4. The number of fused-ring (bicyclic) bond motifs is 2. The van der Waals surface area contributed by atoms with E-state index >= 15 is 0 Å². The number of carbonyl (C=O) groups excluding carboxylic acids is 2. The van der Waals surface area contributed by atoms with Crippen LogP contribution in [-0.4, -0.2) is 75.2 Å². The maximum absolute atomic E-state index is 12.7. The summed E-state index contributed by atoms with van der Waals surface area (Å²) in [6.45, 7) is 13.3. The highest BCUT2D eigenvalue weighted by Crippen LogP contribution is 2.31. The van der Waals surface area contributed by atoms with Crippen LogP contribution in [0.4, 0.5) is 0 Å². The number of hydrogen-bond acceptors (Lipinski definition) is 5. The summed E-state index contributed by atoms with van der Waals surface area (Å²) in [6, 6.07) is 12.9. The lowest BCUT2D eigenvalue weighted by molar-refractivity contribution is -0.135. The first-order chi connectivity index (χ1) is 16.6. The topological polar surface area (TPSA) is 82.5 Å². The zero-order valence-electron chi connectivity index (χ0n) is 21.8. The number of carbonyl (C=O) groups is 2. The van der Waals surface area contributed by atoms with E-state index in [4.69, 9.17) is 5.10 Å². The lowest BCUT2D eigenvalue weighted by Crippen LogP contribution is -2.70. The third kappa shape index (κ3) is 6.70. The molecule has 0 radical (unpaired) electrons. The minimum absolute atomic E-state index is 0.0167. The van der Waals surface area contributed by atoms with Gasteiger partial charge < -0.3 is 10.6 Å². The van der Waals surface area contributed by atoms with E-state index in [1.165, 1.54) is 0 Å². The van der Waals surface area contributed by atoms with E-state index in [1.807, 2.05) is 43.7 Å². The largest absolute Gasteiger partial charge is 0.350 e. The Kier molecular flexibility index (Phi) is 7.62. The third-order valence-corrected chi connectivity index (χ3v) is 6.55. The smallest absolute Gasteiger partial charge is 0.234 e. The van der Waals surface area contributed by atoms with Crippen molar-refractivity contribution in [1.29, 1.82) is 0 Å². The third-order valence-electron chi connectivity index (χ3n) is 6.55. The number of nitrogens with one attached hydrogen (secondary N) is 2. The average molecular weight is 481 g/mol. The molecule has 3 aliphatic rings. The van der Waals surface area contributed by atoms with Crippen LogP contribution in [0.5, 0.6) is 0 Å². The number of piperidine rings is 1. The molecule has 2 amide bonds. The molecule has 35 heavy (non-hydrogen) atoms. The van der Waals surface area contributed by atoms with Gasteiger partial charge in [0.25, 0.3) is 0 Å². The van der Waals surface area contributed by atoms with Gasteiger partial charge in [-0.3, -0.25) is 19.4 Å². The van der Waals surface area contributed by atoms with Crippen molar-refractivity contribution in [2.24, 2.45) is 5.92 Å². The highest BCUT2D eigenvalue weighted by atomic mass is 16.2. The monoisotopic (exact) mass is 480 g/mol. The summed E-state index contributed by atoms with van der Waals surface area (Å²) >= 11 is 0. The summed E-state index contributed by atoms with van der Waals surface area (Å²) in [5.41, 5.74) is 2.85. The Hall–Kier alpha value is -2.71. The molecule has 3 aliphatic heterocycles. The van der Waals surface area contributed by atoms with Crippen molar-refractivity contribution < 1.29 is 9.59 Å². The van der Waals surface area contributed by atoms with E-state index < -0.39 is 0 Å². The molecule has 1 aromatic carbocycles. The summed E-state index contributed by atoms with van der Waals surface area (Å²) in [5, 5.41) is 10.9. The van der Waals surface area contributed by atoms with Crippen molar-refractivity contribution in [2.45, 2.75) is 71.6 Å². The van der Waals surface area contributed by atoms with Gasteiger partial charge in [-0.1, -0.05) is 32.0 Å². The molecule has 2 aromatic rings. The van der Waals surface area contributed by atoms with Crippen LogP contribution in [0, 0.1) is 5.92 Å². The lowest BCUT2D eigenvalue weighted by Gasteiger charge is -2.56. The maximum Gasteiger partial charge on any atom is 0.234 e. The SMILES string of the molecule is CC(C)Cc1cc(CNC(=O)CN2CC3CC(C2)N3CC(=O)NC(C)(C)C)nn1-c1ccccc1. The Bertz CT molecular complexity index is 1010. The van der Waals surface area contributed by atoms with Crippen molar-refractivity contribution in [3.63, 3.8) is 0 Å². The molecule has 2 atom stereocenters. The Morgan fingerprint density at radius 1 is 1.06 bits per heavy atom. The Morgan fingerprint density at radius 2 is 1.74 bits per heavy atom. The lowest BCUT2D eigenvalue weighted by atomic mass is 9.87. The number of hydrogen-bond donors (Lipinski definition) is 2. The van der Waals surface area contributed by atoms with Crippen molar-refractivity contribution in [3.05, 3.63) is 47.8 Å². The van der Waals surface area contributed by atoms with Gasteiger partial charge in [-0.2, -0.15) is 5.10 Å². The second-order valence-corrected chi connectivity index (χ2v) is 11.5. The summed E-state index contributed by atoms with van der Waals surface area (Å²) in [5.74, 6) is 0.606. The van der Waals surface area contributed by atoms with Crippen LogP contribution in [0.2, 0.25) is 0 Å². The van der Waals surface area contributed by atoms with Crippen LogP contribution in [0.3, 0.4) is 0 Å². The van der Waals surface area contributed by atoms with Gasteiger partial charge in [0.1, 0.15) is 0 Å². The molecule has 0 aliphatic carbocycles. The standard InChI is InChI=1S/C27H40N6O2/c1-19(2)11-22-12-20(30-33(22)21-9-7-6-8-10-21)14-28-25(34)17-31-15-23-13-24(16-31)32(23)18-26(35)29-27(3,4)5/h6-10,12,19,23-24H,11,13-18H2,1-5H3,(H,28,34)(H,29,35). The molecule has 2 N–H and O–H groups in total. The van der Waals surface area contributed by atoms with Gasteiger partial charge in [0.05, 0.1) is 31.0 Å². The minimum Gasteiger partial charge on any atom is -0.350 e. The fourth-order valence-electron chi connectivity index (χ4n) is 5.15. The Morgan fingerprint density at radius 3 is 2.37 bits per heavy atom. The van der Waals surface area contributed by atoms with E-state index in [0.717, 1.165) is 43.0 Å². The summed E-state index contributed by atoms with van der Waals surface area (Å²) < 4.78 is 1.99. The second kappa shape index (κ2) is 10.5. The highest BCUT2D eigenvalue weighted by Gasteiger charge is 2.45. The Balaban J connectivity index is 1.27. The predicted octanol–water partition coefficient (Wildman–Crippen LogP) is 2.36. The van der Waals surface area contributed by atoms with Crippen LogP contribution >= 0.6 is 0 Å². The van der Waals surface area contributed by atoms with Crippen LogP contribution in [0.25, 0.3) is 5.69 Å². The number of para-hydroxylation sites is 1. The zero-order valence-corrected chi connectivity index (χ0v) is 21.8. The fraction of sp³-hybridized carbons (Fsp3) is 0.593. The van der Waals surface area contributed by atoms with Gasteiger partial charge in [0, 0.05) is 36.4 Å². The molecular formula is C27H40N6O2. The molecule has 190 valence electrons. The number of nitrogens with zero attached hydrogens (tertiary/aromatic N) is 4. The van der Waals surface area contributed by atoms with Crippen molar-refractivity contribution in [2.75, 3.05) is 26.2 Å². The summed E-state index contributed by atoms with van der Waals surface area (Å²) in [4.78, 5) is 29.5. The van der Waals surface area contributed by atoms with Crippen molar-refractivity contribution in [3.8, 4) is 5.69 Å². The van der Waals surface area contributed by atoms with Gasteiger partial charge in [0.2, 0.25) is 11.8 Å². The molecule has 0 spiro atoms. The van der Waals surface area contributed by atoms with E-state index in [-0.39, 0.29) is 17.4 Å². The van der Waals surface area contributed by atoms with Gasteiger partial charge in [0.15, 0.2) is 0 Å². The molecule has 2 bridgehead atoms. The summed E-state index contributed by atoms with van der Waals surface area (Å²) in [7, 11) is 0. The molecular weight excluding hydrogens is 440 g/mol. The van der Waals surface area contributed by atoms with Gasteiger partial charge in [-0.05, 0) is 57.7 Å². The molecule has 4 heterocycles. The van der Waals surface area contributed by atoms with Gasteiger partial charge in [-0.15, -0.1) is 0 Å². The predicted molar refractivity (Wildman–Crippen MR) is 137 cm³/mol. The van der Waals surface area contributed by atoms with Crippen LogP contribution in [0.1, 0.15) is 52.4 Å². The number of benzene rings is 1. The van der Waals surface area contributed by atoms with E-state index in [9.17, 15) is 9.59 Å². The quantitative estimate of drug-likeness (QED) is 0.576. The fourth-order valence-corrected chi connectivity index (χ4v) is 5.15. The van der Waals surface area contributed by atoms with Gasteiger partial charge in [-0.25, -0.2) is 4.68 Å². The normalized spacial score (nSPS) is 20.5. The first-order valence-corrected chi connectivity index (χ1v) is 12.8. The molecule has 3 saturated heterocycles. The number of amides is 2. The summed E-state index contributed by atoms with van der Waals surface area (Å²) in [6.07, 6.45) is 2.03. The number of rotatable bonds is 9. The number of piperazine rings is 1. The molecule has 8 nitrogen and oxygen atoms in total. The zero-order chi connectivity index (χ0) is 25.2. The molecule has 1 aromatic heterocycles. The van der Waals surface area contributed by atoms with Crippen LogP contribution in [0.15, 0.2) is 36.4 Å². The molecule has 8 heteroatoms. The van der Waals surface area contributed by atoms with E-state index in [2.05, 4.69) is 52.5 Å². The molecule has 2 unspecified atom stereocenters. The second-order valence-electron chi connectivity index (χ2n) is 11.5. The molecule has 3 fully saturated rings. The van der Waals surface area contributed by atoms with E-state index in [1.54, 1.807) is 0 Å². The highest BCUT2D eigenvalue weighted by molar-refractivity contribution is 5.79. The molecule has 0 saturated carbocycles. The average Bonchev–Trinajstić information content (AvgIpc) is 3.17. The van der Waals surface area contributed by atoms with E-state index in [0.29, 0.717) is 37.6 Å². The Labute approximate surface area is 209 Å². The maximum atomic E-state index is 12.7. The van der Waals surface area contributed by atoms with Gasteiger partial charge >= 0.3 is 0 Å². The number of aromatic nitrogens is 2. The minimum atomic E-state index is -0.215. The molecule has 5 rings (SSSR count). The van der Waals surface area contributed by atoms with Crippen molar-refractivity contribution >= 4 is 11.8 Å². The van der Waals surface area contributed by atoms with Crippen LogP contribution in [-0.2, 0) is 22.6 Å². The van der Waals surface area contributed by atoms with Crippen molar-refractivity contribution in [1.82, 2.24) is 30.2 Å². The first-order valence-electron chi connectivity index (χ1n) is 12.8. The van der Waals surface area contributed by atoms with Crippen LogP contribution < -0.4 is 10.6 Å².